The van der Waals surface area contributed by atoms with Crippen LogP contribution in [0.5, 0.6) is 0 Å². The number of carbonyl (C=O) groups excluding carboxylic acids is 2. The molecule has 6 heteroatoms. The molecule has 1 aliphatic rings. The summed E-state index contributed by atoms with van der Waals surface area (Å²) >= 11 is 1.55. The van der Waals surface area contributed by atoms with E-state index in [1.54, 1.807) is 11.8 Å². The summed E-state index contributed by atoms with van der Waals surface area (Å²) in [5.74, 6) is 0.291. The number of nitrogens with one attached hydrogen (secondary N) is 2. The minimum atomic E-state index is -0.711. The summed E-state index contributed by atoms with van der Waals surface area (Å²) in [6.45, 7) is 0.988. The molecule has 0 radical (unpaired) electrons. The molecule has 3 rings (SSSR count). The van der Waals surface area contributed by atoms with Crippen molar-refractivity contribution in [1.29, 1.82) is 0 Å². The highest BCUT2D eigenvalue weighted by molar-refractivity contribution is 8.00. The van der Waals surface area contributed by atoms with Crippen LogP contribution >= 0.6 is 11.8 Å². The van der Waals surface area contributed by atoms with E-state index in [-0.39, 0.29) is 17.9 Å². The summed E-state index contributed by atoms with van der Waals surface area (Å²) in [5.41, 5.74) is 1.89. The van der Waals surface area contributed by atoms with Gasteiger partial charge in [0.25, 0.3) is 0 Å². The molecule has 1 aliphatic heterocycles. The zero-order valence-electron chi connectivity index (χ0n) is 14.4. The fourth-order valence-corrected chi connectivity index (χ4v) is 3.64. The number of amides is 1. The summed E-state index contributed by atoms with van der Waals surface area (Å²) in [5, 5.41) is 5.66. The predicted octanol–water partition coefficient (Wildman–Crippen LogP) is 2.12. The Hall–Kier alpha value is -2.31. The van der Waals surface area contributed by atoms with Crippen LogP contribution in [0.4, 0.5) is 0 Å². The Labute approximate surface area is 157 Å². The first-order chi connectivity index (χ1) is 12.7. The number of benzene rings is 2. The van der Waals surface area contributed by atoms with Gasteiger partial charge in [-0.2, -0.15) is 0 Å². The number of hydrogen-bond donors (Lipinski definition) is 2. The molecule has 26 heavy (non-hydrogen) atoms. The summed E-state index contributed by atoms with van der Waals surface area (Å²) in [6, 6.07) is 18.4. The van der Waals surface area contributed by atoms with Crippen molar-refractivity contribution >= 4 is 23.6 Å². The largest absolute Gasteiger partial charge is 0.459 e. The lowest BCUT2D eigenvalue weighted by Gasteiger charge is -2.20. The summed E-state index contributed by atoms with van der Waals surface area (Å²) in [4.78, 5) is 25.0. The number of thioether (sulfide) groups is 1. The van der Waals surface area contributed by atoms with E-state index < -0.39 is 12.0 Å². The minimum absolute atomic E-state index is 0.176. The highest BCUT2D eigenvalue weighted by Gasteiger charge is 2.28. The second-order valence-electron chi connectivity index (χ2n) is 6.05. The zero-order valence-corrected chi connectivity index (χ0v) is 15.2. The third-order valence-corrected chi connectivity index (χ3v) is 5.22. The maximum absolute atomic E-state index is 12.6. The topological polar surface area (TPSA) is 67.4 Å². The number of rotatable bonds is 7. The van der Waals surface area contributed by atoms with E-state index in [1.165, 1.54) is 0 Å². The standard InChI is InChI=1S/C20H22N2O3S/c23-18(19-21-11-12-26-19)22-17(13-15-7-3-1-4-8-15)20(24)25-14-16-9-5-2-6-10-16/h1-10,17,19,21H,11-14H2,(H,22,23)/t17-,19-/m0/s1. The van der Waals surface area contributed by atoms with Crippen LogP contribution in [-0.2, 0) is 27.4 Å². The number of esters is 1. The van der Waals surface area contributed by atoms with E-state index in [0.717, 1.165) is 23.4 Å². The normalized spacial score (nSPS) is 17.5. The molecular formula is C20H22N2O3S. The summed E-state index contributed by atoms with van der Waals surface area (Å²) in [6.07, 6.45) is 0.400. The highest BCUT2D eigenvalue weighted by Crippen LogP contribution is 2.14. The van der Waals surface area contributed by atoms with Crippen molar-refractivity contribution in [1.82, 2.24) is 10.6 Å². The SMILES string of the molecule is O=C(OCc1ccccc1)[C@H](Cc1ccccc1)NC(=O)[C@H]1NCCS1. The maximum Gasteiger partial charge on any atom is 0.329 e. The Kier molecular flexibility index (Phi) is 6.68. The Bertz CT molecular complexity index is 718. The van der Waals surface area contributed by atoms with Gasteiger partial charge >= 0.3 is 5.97 Å². The van der Waals surface area contributed by atoms with Crippen LogP contribution in [0.2, 0.25) is 0 Å². The van der Waals surface area contributed by atoms with Crippen LogP contribution in [0, 0.1) is 0 Å². The first-order valence-corrected chi connectivity index (χ1v) is 9.67. The van der Waals surface area contributed by atoms with Crippen LogP contribution in [0.3, 0.4) is 0 Å². The van der Waals surface area contributed by atoms with Crippen LogP contribution in [-0.4, -0.2) is 35.6 Å². The van der Waals surface area contributed by atoms with E-state index in [0.29, 0.717) is 6.42 Å². The van der Waals surface area contributed by atoms with Gasteiger partial charge in [-0.15, -0.1) is 11.8 Å². The fraction of sp³-hybridized carbons (Fsp3) is 0.300. The predicted molar refractivity (Wildman–Crippen MR) is 103 cm³/mol. The van der Waals surface area contributed by atoms with Gasteiger partial charge in [0.1, 0.15) is 18.0 Å². The number of ether oxygens (including phenoxy) is 1. The first-order valence-electron chi connectivity index (χ1n) is 8.62. The minimum Gasteiger partial charge on any atom is -0.459 e. The molecule has 1 saturated heterocycles. The van der Waals surface area contributed by atoms with Crippen molar-refractivity contribution in [3.63, 3.8) is 0 Å². The van der Waals surface area contributed by atoms with Gasteiger partial charge in [0, 0.05) is 18.7 Å². The Balaban J connectivity index is 1.64. The van der Waals surface area contributed by atoms with Crippen molar-refractivity contribution in [3.05, 3.63) is 71.8 Å². The molecule has 1 fully saturated rings. The van der Waals surface area contributed by atoms with Crippen molar-refractivity contribution in [2.45, 2.75) is 24.4 Å². The maximum atomic E-state index is 12.6. The van der Waals surface area contributed by atoms with Crippen molar-refractivity contribution in [2.75, 3.05) is 12.3 Å². The lowest BCUT2D eigenvalue weighted by atomic mass is 10.1. The zero-order chi connectivity index (χ0) is 18.2. The molecule has 2 atom stereocenters. The van der Waals surface area contributed by atoms with Crippen LogP contribution in [0.15, 0.2) is 60.7 Å². The van der Waals surface area contributed by atoms with Gasteiger partial charge in [-0.05, 0) is 11.1 Å². The second-order valence-corrected chi connectivity index (χ2v) is 7.26. The van der Waals surface area contributed by atoms with Gasteiger partial charge in [0.15, 0.2) is 0 Å². The Morgan fingerprint density at radius 1 is 1.08 bits per heavy atom. The van der Waals surface area contributed by atoms with Crippen molar-refractivity contribution < 1.29 is 14.3 Å². The first kappa shape index (κ1) is 18.5. The van der Waals surface area contributed by atoms with Gasteiger partial charge in [0.2, 0.25) is 5.91 Å². The lowest BCUT2D eigenvalue weighted by Crippen LogP contribution is -2.48. The molecule has 0 saturated carbocycles. The molecule has 2 aromatic rings. The van der Waals surface area contributed by atoms with E-state index in [1.807, 2.05) is 60.7 Å². The smallest absolute Gasteiger partial charge is 0.329 e. The molecule has 1 heterocycles. The molecule has 0 spiro atoms. The highest BCUT2D eigenvalue weighted by atomic mass is 32.2. The molecule has 0 unspecified atom stereocenters. The average molecular weight is 370 g/mol. The molecular weight excluding hydrogens is 348 g/mol. The van der Waals surface area contributed by atoms with Gasteiger partial charge in [-0.1, -0.05) is 60.7 Å². The monoisotopic (exact) mass is 370 g/mol. The van der Waals surface area contributed by atoms with E-state index >= 15 is 0 Å². The molecule has 136 valence electrons. The number of carbonyl (C=O) groups is 2. The molecule has 0 aromatic heterocycles. The third-order valence-electron chi connectivity index (χ3n) is 4.06. The quantitative estimate of drug-likeness (QED) is 0.731. The van der Waals surface area contributed by atoms with Gasteiger partial charge in [-0.3, -0.25) is 10.1 Å². The van der Waals surface area contributed by atoms with Crippen molar-refractivity contribution in [2.24, 2.45) is 0 Å². The Morgan fingerprint density at radius 3 is 2.35 bits per heavy atom. The van der Waals surface area contributed by atoms with E-state index in [4.69, 9.17) is 4.74 Å². The lowest BCUT2D eigenvalue weighted by molar-refractivity contribution is -0.149. The summed E-state index contributed by atoms with van der Waals surface area (Å²) < 4.78 is 5.45. The van der Waals surface area contributed by atoms with Gasteiger partial charge in [-0.25, -0.2) is 4.79 Å². The molecule has 2 aromatic carbocycles. The Morgan fingerprint density at radius 2 is 1.73 bits per heavy atom. The molecule has 1 amide bonds. The van der Waals surface area contributed by atoms with Crippen molar-refractivity contribution in [3.8, 4) is 0 Å². The van der Waals surface area contributed by atoms with Crippen LogP contribution < -0.4 is 10.6 Å². The summed E-state index contributed by atoms with van der Waals surface area (Å²) in [7, 11) is 0. The molecule has 0 bridgehead atoms. The van der Waals surface area contributed by atoms with Gasteiger partial charge < -0.3 is 10.1 Å². The third kappa shape index (κ3) is 5.34. The molecule has 0 aliphatic carbocycles. The number of hydrogen-bond acceptors (Lipinski definition) is 5. The van der Waals surface area contributed by atoms with Crippen LogP contribution in [0.1, 0.15) is 11.1 Å². The van der Waals surface area contributed by atoms with E-state index in [9.17, 15) is 9.59 Å². The fourth-order valence-electron chi connectivity index (χ4n) is 2.71. The average Bonchev–Trinajstić information content (AvgIpc) is 3.22. The molecule has 5 nitrogen and oxygen atoms in total. The van der Waals surface area contributed by atoms with Crippen LogP contribution in [0.25, 0.3) is 0 Å². The van der Waals surface area contributed by atoms with Gasteiger partial charge in [0.05, 0.1) is 0 Å². The second kappa shape index (κ2) is 9.40. The molecule has 2 N–H and O–H groups in total. The van der Waals surface area contributed by atoms with E-state index in [2.05, 4.69) is 10.6 Å².